The summed E-state index contributed by atoms with van der Waals surface area (Å²) in [6.45, 7) is 10.3. The molecule has 0 bridgehead atoms. The van der Waals surface area contributed by atoms with E-state index in [0.29, 0.717) is 5.92 Å². The van der Waals surface area contributed by atoms with Crippen molar-refractivity contribution in [3.05, 3.63) is 12.7 Å². The number of hydrogen-bond acceptors (Lipinski definition) is 1. The molecule has 1 nitrogen and oxygen atoms in total. The van der Waals surface area contributed by atoms with Crippen LogP contribution >= 0.6 is 0 Å². The van der Waals surface area contributed by atoms with Crippen molar-refractivity contribution < 1.29 is 4.79 Å². The third-order valence-electron chi connectivity index (χ3n) is 2.79. The zero-order chi connectivity index (χ0) is 11.0. The molecule has 0 rings (SSSR count). The zero-order valence-electron chi connectivity index (χ0n) is 9.83. The average Bonchev–Trinajstić information content (AvgIpc) is 2.13. The van der Waals surface area contributed by atoms with E-state index in [-0.39, 0.29) is 5.92 Å². The van der Waals surface area contributed by atoms with Crippen molar-refractivity contribution in [3.8, 4) is 0 Å². The van der Waals surface area contributed by atoms with E-state index in [9.17, 15) is 4.79 Å². The Morgan fingerprint density at radius 3 is 2.29 bits per heavy atom. The highest BCUT2D eigenvalue weighted by molar-refractivity contribution is 5.54. The lowest BCUT2D eigenvalue weighted by Crippen LogP contribution is -2.12. The van der Waals surface area contributed by atoms with E-state index < -0.39 is 0 Å². The molecule has 0 spiro atoms. The normalized spacial score (nSPS) is 15.1. The molecule has 82 valence electrons. The maximum atomic E-state index is 10.8. The molecule has 0 aromatic heterocycles. The number of hydrogen-bond donors (Lipinski definition) is 0. The van der Waals surface area contributed by atoms with Crippen LogP contribution in [0.5, 0.6) is 0 Å². The minimum atomic E-state index is 0.180. The van der Waals surface area contributed by atoms with Crippen LogP contribution in [0, 0.1) is 17.8 Å². The van der Waals surface area contributed by atoms with E-state index in [1.807, 2.05) is 6.08 Å². The second kappa shape index (κ2) is 7.78. The molecule has 0 heterocycles. The van der Waals surface area contributed by atoms with Gasteiger partial charge in [0.05, 0.1) is 0 Å². The van der Waals surface area contributed by atoms with Crippen LogP contribution < -0.4 is 0 Å². The summed E-state index contributed by atoms with van der Waals surface area (Å²) in [5.74, 6) is 1.46. The predicted octanol–water partition coefficient (Wildman–Crippen LogP) is 3.84. The first-order valence-electron chi connectivity index (χ1n) is 5.68. The van der Waals surface area contributed by atoms with Crippen molar-refractivity contribution in [2.75, 3.05) is 0 Å². The molecule has 0 aromatic carbocycles. The molecular weight excluding hydrogens is 172 g/mol. The second-order valence-electron chi connectivity index (χ2n) is 4.63. The third-order valence-corrected chi connectivity index (χ3v) is 2.79. The van der Waals surface area contributed by atoms with Crippen molar-refractivity contribution in [3.63, 3.8) is 0 Å². The van der Waals surface area contributed by atoms with Crippen LogP contribution in [-0.2, 0) is 4.79 Å². The summed E-state index contributed by atoms with van der Waals surface area (Å²) in [5, 5.41) is 0. The van der Waals surface area contributed by atoms with Gasteiger partial charge in [-0.2, -0.15) is 0 Å². The molecule has 0 aliphatic rings. The quantitative estimate of drug-likeness (QED) is 0.426. The summed E-state index contributed by atoms with van der Waals surface area (Å²) in [5.41, 5.74) is 0. The fraction of sp³-hybridized carbons (Fsp3) is 0.769. The van der Waals surface area contributed by atoms with Gasteiger partial charge in [-0.05, 0) is 18.3 Å². The molecule has 0 radical (unpaired) electrons. The molecule has 0 aliphatic carbocycles. The van der Waals surface area contributed by atoms with Crippen LogP contribution in [0.1, 0.15) is 46.5 Å². The maximum absolute atomic E-state index is 10.8. The lowest BCUT2D eigenvalue weighted by Gasteiger charge is -2.17. The van der Waals surface area contributed by atoms with Crippen molar-refractivity contribution >= 4 is 6.29 Å². The Bertz CT molecular complexity index is 161. The summed E-state index contributed by atoms with van der Waals surface area (Å²) in [6, 6.07) is 0. The van der Waals surface area contributed by atoms with Crippen molar-refractivity contribution in [1.82, 2.24) is 0 Å². The summed E-state index contributed by atoms with van der Waals surface area (Å²) in [4.78, 5) is 10.8. The summed E-state index contributed by atoms with van der Waals surface area (Å²) in [7, 11) is 0. The molecule has 1 heteroatoms. The van der Waals surface area contributed by atoms with Gasteiger partial charge in [0.1, 0.15) is 6.29 Å². The maximum Gasteiger partial charge on any atom is 0.123 e. The molecule has 2 unspecified atom stereocenters. The van der Waals surface area contributed by atoms with Crippen molar-refractivity contribution in [2.24, 2.45) is 17.8 Å². The molecule has 0 amide bonds. The fourth-order valence-corrected chi connectivity index (χ4v) is 1.68. The van der Waals surface area contributed by atoms with Gasteiger partial charge in [0.25, 0.3) is 0 Å². The highest BCUT2D eigenvalue weighted by atomic mass is 16.1. The monoisotopic (exact) mass is 196 g/mol. The Balaban J connectivity index is 3.73. The number of aldehydes is 1. The molecule has 0 aromatic rings. The highest BCUT2D eigenvalue weighted by Crippen LogP contribution is 2.21. The first-order valence-corrected chi connectivity index (χ1v) is 5.68. The van der Waals surface area contributed by atoms with E-state index in [4.69, 9.17) is 0 Å². The largest absolute Gasteiger partial charge is 0.303 e. The van der Waals surface area contributed by atoms with Gasteiger partial charge in [-0.3, -0.25) is 0 Å². The van der Waals surface area contributed by atoms with Gasteiger partial charge in [0, 0.05) is 5.92 Å². The van der Waals surface area contributed by atoms with Crippen LogP contribution in [0.15, 0.2) is 12.7 Å². The van der Waals surface area contributed by atoms with Crippen molar-refractivity contribution in [1.29, 1.82) is 0 Å². The number of allylic oxidation sites excluding steroid dienone is 1. The van der Waals surface area contributed by atoms with Gasteiger partial charge < -0.3 is 4.79 Å². The minimum absolute atomic E-state index is 0.180. The van der Waals surface area contributed by atoms with Crippen LogP contribution in [0.4, 0.5) is 0 Å². The van der Waals surface area contributed by atoms with Gasteiger partial charge in [-0.15, -0.1) is 6.58 Å². The molecule has 14 heavy (non-hydrogen) atoms. The molecule has 0 aliphatic heterocycles. The standard InChI is InChI=1S/C13H24O/c1-5-7-13(10-14)12(4)9-6-8-11(2)3/h5,10-13H,1,6-9H2,2-4H3. The summed E-state index contributed by atoms with van der Waals surface area (Å²) >= 11 is 0. The Morgan fingerprint density at radius 1 is 1.21 bits per heavy atom. The van der Waals surface area contributed by atoms with E-state index in [1.54, 1.807) is 0 Å². The van der Waals surface area contributed by atoms with Crippen LogP contribution in [-0.4, -0.2) is 6.29 Å². The van der Waals surface area contributed by atoms with Gasteiger partial charge in [-0.25, -0.2) is 0 Å². The summed E-state index contributed by atoms with van der Waals surface area (Å²) < 4.78 is 0. The van der Waals surface area contributed by atoms with E-state index >= 15 is 0 Å². The van der Waals surface area contributed by atoms with E-state index in [2.05, 4.69) is 27.4 Å². The van der Waals surface area contributed by atoms with E-state index in [1.165, 1.54) is 12.8 Å². The fourth-order valence-electron chi connectivity index (χ4n) is 1.68. The highest BCUT2D eigenvalue weighted by Gasteiger charge is 2.14. The summed E-state index contributed by atoms with van der Waals surface area (Å²) in [6.07, 6.45) is 7.42. The van der Waals surface area contributed by atoms with E-state index in [0.717, 1.165) is 25.0 Å². The Kier molecular flexibility index (Phi) is 7.45. The third kappa shape index (κ3) is 5.95. The SMILES string of the molecule is C=CCC(C=O)C(C)CCCC(C)C. The number of carbonyl (C=O) groups excluding carboxylic acids is 1. The van der Waals surface area contributed by atoms with Crippen molar-refractivity contribution in [2.45, 2.75) is 46.5 Å². The lowest BCUT2D eigenvalue weighted by molar-refractivity contribution is -0.112. The van der Waals surface area contributed by atoms with Crippen LogP contribution in [0.25, 0.3) is 0 Å². The molecule has 0 N–H and O–H groups in total. The topological polar surface area (TPSA) is 17.1 Å². The molecule has 0 fully saturated rings. The van der Waals surface area contributed by atoms with Crippen LogP contribution in [0.3, 0.4) is 0 Å². The molecule has 0 saturated carbocycles. The second-order valence-corrected chi connectivity index (χ2v) is 4.63. The average molecular weight is 196 g/mol. The molecular formula is C13H24O. The van der Waals surface area contributed by atoms with Gasteiger partial charge >= 0.3 is 0 Å². The smallest absolute Gasteiger partial charge is 0.123 e. The molecule has 2 atom stereocenters. The number of carbonyl (C=O) groups is 1. The van der Waals surface area contributed by atoms with Gasteiger partial charge in [-0.1, -0.05) is 46.1 Å². The zero-order valence-corrected chi connectivity index (χ0v) is 9.83. The lowest BCUT2D eigenvalue weighted by atomic mass is 9.87. The number of rotatable bonds is 8. The van der Waals surface area contributed by atoms with Gasteiger partial charge in [0.15, 0.2) is 0 Å². The predicted molar refractivity (Wildman–Crippen MR) is 62.2 cm³/mol. The molecule has 0 saturated heterocycles. The Hall–Kier alpha value is -0.590. The minimum Gasteiger partial charge on any atom is -0.303 e. The Morgan fingerprint density at radius 2 is 1.86 bits per heavy atom. The first kappa shape index (κ1) is 13.4. The van der Waals surface area contributed by atoms with Gasteiger partial charge in [0.2, 0.25) is 0 Å². The Labute approximate surface area is 88.6 Å². The first-order chi connectivity index (χ1) is 6.61. The van der Waals surface area contributed by atoms with Crippen LogP contribution in [0.2, 0.25) is 0 Å².